The van der Waals surface area contributed by atoms with Gasteiger partial charge >= 0.3 is 0 Å². The van der Waals surface area contributed by atoms with Crippen LogP contribution in [0.5, 0.6) is 0 Å². The van der Waals surface area contributed by atoms with Gasteiger partial charge in [0.05, 0.1) is 3.79 Å². The van der Waals surface area contributed by atoms with Gasteiger partial charge in [-0.1, -0.05) is 46.5 Å². The molecule has 0 spiro atoms. The van der Waals surface area contributed by atoms with E-state index in [2.05, 4.69) is 36.7 Å². The van der Waals surface area contributed by atoms with Crippen LogP contribution in [0.4, 0.5) is 0 Å². The Morgan fingerprint density at radius 3 is 2.53 bits per heavy atom. The molecule has 19 heavy (non-hydrogen) atoms. The van der Waals surface area contributed by atoms with E-state index < -0.39 is 0 Å². The fraction of sp³-hybridized carbons (Fsp3) is 0.688. The summed E-state index contributed by atoms with van der Waals surface area (Å²) in [6.07, 6.45) is 7.40. The highest BCUT2D eigenvalue weighted by atomic mass is 79.9. The van der Waals surface area contributed by atoms with Crippen LogP contribution in [0, 0.1) is 0 Å². The Balaban J connectivity index is 2.91. The number of rotatable bonds is 8. The van der Waals surface area contributed by atoms with Crippen molar-refractivity contribution in [2.45, 2.75) is 71.6 Å². The first-order valence-corrected chi connectivity index (χ1v) is 8.86. The van der Waals surface area contributed by atoms with Crippen molar-refractivity contribution in [3.8, 4) is 0 Å². The molecular formula is C16H25BrOS. The number of ketones is 1. The van der Waals surface area contributed by atoms with Gasteiger partial charge in [0.25, 0.3) is 0 Å². The molecule has 1 nitrogen and oxygen atoms in total. The highest BCUT2D eigenvalue weighted by molar-refractivity contribution is 9.11. The SMILES string of the molecule is CCCCCCC(C)(CC)c1sc(Br)cc1C(C)=O. The molecular weight excluding hydrogens is 320 g/mol. The predicted molar refractivity (Wildman–Crippen MR) is 88.4 cm³/mol. The molecule has 0 bridgehead atoms. The number of carbonyl (C=O) groups is 1. The van der Waals surface area contributed by atoms with Crippen molar-refractivity contribution >= 4 is 33.0 Å². The molecule has 0 saturated carbocycles. The zero-order chi connectivity index (χ0) is 14.5. The van der Waals surface area contributed by atoms with Crippen molar-refractivity contribution in [2.75, 3.05) is 0 Å². The third kappa shape index (κ3) is 4.42. The number of carbonyl (C=O) groups excluding carboxylic acids is 1. The van der Waals surface area contributed by atoms with E-state index in [1.807, 2.05) is 6.07 Å². The largest absolute Gasteiger partial charge is 0.294 e. The molecule has 108 valence electrons. The van der Waals surface area contributed by atoms with Crippen LogP contribution < -0.4 is 0 Å². The summed E-state index contributed by atoms with van der Waals surface area (Å²) >= 11 is 5.27. The first-order valence-electron chi connectivity index (χ1n) is 7.25. The lowest BCUT2D eigenvalue weighted by Gasteiger charge is -2.28. The smallest absolute Gasteiger partial charge is 0.160 e. The van der Waals surface area contributed by atoms with E-state index in [-0.39, 0.29) is 11.2 Å². The first kappa shape index (κ1) is 16.9. The van der Waals surface area contributed by atoms with Crippen molar-refractivity contribution in [1.29, 1.82) is 0 Å². The summed E-state index contributed by atoms with van der Waals surface area (Å²) in [5.41, 5.74) is 1.06. The monoisotopic (exact) mass is 344 g/mol. The lowest BCUT2D eigenvalue weighted by atomic mass is 9.79. The molecule has 1 unspecified atom stereocenters. The zero-order valence-corrected chi connectivity index (χ0v) is 14.9. The summed E-state index contributed by atoms with van der Waals surface area (Å²) in [5.74, 6) is 0.185. The number of hydrogen-bond acceptors (Lipinski definition) is 2. The third-order valence-electron chi connectivity index (χ3n) is 3.99. The number of thiophene rings is 1. The molecule has 0 fully saturated rings. The van der Waals surface area contributed by atoms with Gasteiger partial charge in [-0.15, -0.1) is 11.3 Å². The highest BCUT2D eigenvalue weighted by Crippen LogP contribution is 2.42. The van der Waals surface area contributed by atoms with Crippen molar-refractivity contribution in [3.05, 3.63) is 20.3 Å². The van der Waals surface area contributed by atoms with Crippen LogP contribution in [0.3, 0.4) is 0 Å². The lowest BCUT2D eigenvalue weighted by molar-refractivity contribution is 0.101. The molecule has 0 radical (unpaired) electrons. The van der Waals surface area contributed by atoms with Crippen LogP contribution in [0.1, 0.15) is 81.5 Å². The zero-order valence-electron chi connectivity index (χ0n) is 12.5. The van der Waals surface area contributed by atoms with Crippen molar-refractivity contribution in [3.63, 3.8) is 0 Å². The Kier molecular flexibility index (Phi) is 6.75. The van der Waals surface area contributed by atoms with Gasteiger partial charge in [-0.05, 0) is 41.8 Å². The molecule has 1 heterocycles. The van der Waals surface area contributed by atoms with Gasteiger partial charge in [-0.25, -0.2) is 0 Å². The van der Waals surface area contributed by atoms with E-state index in [9.17, 15) is 4.79 Å². The van der Waals surface area contributed by atoms with Crippen LogP contribution in [0.2, 0.25) is 0 Å². The van der Waals surface area contributed by atoms with Gasteiger partial charge in [-0.2, -0.15) is 0 Å². The lowest BCUT2D eigenvalue weighted by Crippen LogP contribution is -2.21. The average Bonchev–Trinajstić information content (AvgIpc) is 2.77. The molecule has 0 amide bonds. The van der Waals surface area contributed by atoms with Gasteiger partial charge in [-0.3, -0.25) is 4.79 Å². The third-order valence-corrected chi connectivity index (χ3v) is 5.94. The van der Waals surface area contributed by atoms with E-state index in [0.29, 0.717) is 0 Å². The molecule has 1 aromatic rings. The molecule has 3 heteroatoms. The van der Waals surface area contributed by atoms with E-state index in [1.165, 1.54) is 37.0 Å². The quantitative estimate of drug-likeness (QED) is 0.396. The van der Waals surface area contributed by atoms with Gasteiger partial charge in [0.1, 0.15) is 0 Å². The highest BCUT2D eigenvalue weighted by Gasteiger charge is 2.30. The second-order valence-corrected chi connectivity index (χ2v) is 8.01. The van der Waals surface area contributed by atoms with Crippen molar-refractivity contribution in [1.82, 2.24) is 0 Å². The Bertz CT molecular complexity index is 424. The summed E-state index contributed by atoms with van der Waals surface area (Å²) in [6, 6.07) is 1.99. The second kappa shape index (κ2) is 7.58. The molecule has 0 aliphatic carbocycles. The first-order chi connectivity index (χ1) is 8.94. The van der Waals surface area contributed by atoms with Crippen molar-refractivity contribution in [2.24, 2.45) is 0 Å². The molecule has 1 rings (SSSR count). The Labute approximate surface area is 129 Å². The minimum Gasteiger partial charge on any atom is -0.294 e. The van der Waals surface area contributed by atoms with Crippen LogP contribution in [-0.4, -0.2) is 5.78 Å². The summed E-state index contributed by atoms with van der Waals surface area (Å²) in [4.78, 5) is 13.1. The summed E-state index contributed by atoms with van der Waals surface area (Å²) in [5, 5.41) is 0. The predicted octanol–water partition coefficient (Wildman–Crippen LogP) is 6.35. The maximum absolute atomic E-state index is 11.8. The number of Topliss-reactive ketones (excluding diaryl/α,β-unsaturated/α-hetero) is 1. The average molecular weight is 345 g/mol. The Hall–Kier alpha value is -0.150. The second-order valence-electron chi connectivity index (χ2n) is 5.57. The molecule has 0 aliphatic rings. The molecule has 1 aromatic heterocycles. The molecule has 0 aliphatic heterocycles. The van der Waals surface area contributed by atoms with Crippen LogP contribution in [0.15, 0.2) is 9.85 Å². The van der Waals surface area contributed by atoms with E-state index in [0.717, 1.165) is 15.8 Å². The summed E-state index contributed by atoms with van der Waals surface area (Å²) < 4.78 is 1.07. The molecule has 1 atom stereocenters. The van der Waals surface area contributed by atoms with Crippen LogP contribution in [0.25, 0.3) is 0 Å². The Morgan fingerprint density at radius 1 is 1.32 bits per heavy atom. The standard InChI is InChI=1S/C16H25BrOS/c1-5-7-8-9-10-16(4,6-2)15-13(12(3)18)11-14(17)19-15/h11H,5-10H2,1-4H3. The molecule has 0 saturated heterocycles. The number of unbranched alkanes of at least 4 members (excludes halogenated alkanes) is 3. The fourth-order valence-corrected chi connectivity index (χ4v) is 4.36. The topological polar surface area (TPSA) is 17.1 Å². The minimum atomic E-state index is 0.144. The summed E-state index contributed by atoms with van der Waals surface area (Å²) in [7, 11) is 0. The van der Waals surface area contributed by atoms with Crippen molar-refractivity contribution < 1.29 is 4.79 Å². The minimum absolute atomic E-state index is 0.144. The van der Waals surface area contributed by atoms with Crippen LogP contribution in [-0.2, 0) is 5.41 Å². The Morgan fingerprint density at radius 2 is 2.00 bits per heavy atom. The van der Waals surface area contributed by atoms with Gasteiger partial charge < -0.3 is 0 Å². The van der Waals surface area contributed by atoms with Gasteiger partial charge in [0, 0.05) is 15.9 Å². The normalized spacial score (nSPS) is 14.4. The summed E-state index contributed by atoms with van der Waals surface area (Å²) in [6.45, 7) is 8.45. The van der Waals surface area contributed by atoms with E-state index >= 15 is 0 Å². The molecule has 0 N–H and O–H groups in total. The maximum Gasteiger partial charge on any atom is 0.160 e. The number of hydrogen-bond donors (Lipinski definition) is 0. The fourth-order valence-electron chi connectivity index (χ4n) is 2.46. The van der Waals surface area contributed by atoms with Gasteiger partial charge in [0.15, 0.2) is 5.78 Å². The van der Waals surface area contributed by atoms with E-state index in [4.69, 9.17) is 0 Å². The maximum atomic E-state index is 11.8. The number of halogens is 1. The van der Waals surface area contributed by atoms with Gasteiger partial charge in [0.2, 0.25) is 0 Å². The molecule has 0 aromatic carbocycles. The van der Waals surface area contributed by atoms with E-state index in [1.54, 1.807) is 18.3 Å². The van der Waals surface area contributed by atoms with Crippen LogP contribution >= 0.6 is 27.3 Å².